The van der Waals surface area contributed by atoms with Gasteiger partial charge in [-0.05, 0) is 44.4 Å². The van der Waals surface area contributed by atoms with Crippen molar-refractivity contribution in [3.05, 3.63) is 23.9 Å². The molecule has 98 valence electrons. The summed E-state index contributed by atoms with van der Waals surface area (Å²) in [4.78, 5) is 18.3. The zero-order valence-electron chi connectivity index (χ0n) is 11.1. The smallest absolute Gasteiger partial charge is 0.309 e. The number of nitrogens with zero attached hydrogens (tertiary/aromatic N) is 2. The molecule has 0 aliphatic carbocycles. The zero-order chi connectivity index (χ0) is 13.0. The number of pyridine rings is 1. The first-order chi connectivity index (χ1) is 8.70. The summed E-state index contributed by atoms with van der Waals surface area (Å²) < 4.78 is 5.07. The minimum Gasteiger partial charge on any atom is -0.466 e. The molecule has 0 spiro atoms. The summed E-state index contributed by atoms with van der Waals surface area (Å²) in [6.45, 7) is 6.14. The van der Waals surface area contributed by atoms with Crippen LogP contribution in [0.2, 0.25) is 0 Å². The normalized spacial score (nSPS) is 16.7. The highest BCUT2D eigenvalue weighted by molar-refractivity contribution is 5.72. The van der Waals surface area contributed by atoms with Gasteiger partial charge in [-0.25, -0.2) is 4.98 Å². The molecule has 4 nitrogen and oxygen atoms in total. The van der Waals surface area contributed by atoms with Crippen LogP contribution in [-0.4, -0.2) is 30.6 Å². The van der Waals surface area contributed by atoms with Crippen LogP contribution in [0.1, 0.15) is 25.3 Å². The Morgan fingerprint density at radius 3 is 2.83 bits per heavy atom. The molecule has 0 bridgehead atoms. The van der Waals surface area contributed by atoms with Crippen molar-refractivity contribution in [2.45, 2.75) is 26.7 Å². The van der Waals surface area contributed by atoms with Gasteiger partial charge in [0.15, 0.2) is 0 Å². The Morgan fingerprint density at radius 2 is 2.22 bits per heavy atom. The number of anilines is 1. The van der Waals surface area contributed by atoms with Crippen LogP contribution in [0.5, 0.6) is 0 Å². The van der Waals surface area contributed by atoms with Crippen molar-refractivity contribution >= 4 is 11.8 Å². The van der Waals surface area contributed by atoms with Crippen molar-refractivity contribution in [1.82, 2.24) is 4.98 Å². The number of carbonyl (C=O) groups excluding carboxylic acids is 1. The molecular formula is C14H20N2O2. The fraction of sp³-hybridized carbons (Fsp3) is 0.571. The SMILES string of the molecule is CCOC(=O)C1CCN(c2cc(C)ccn2)CC1. The van der Waals surface area contributed by atoms with Crippen molar-refractivity contribution in [2.75, 3.05) is 24.6 Å². The quantitative estimate of drug-likeness (QED) is 0.769. The summed E-state index contributed by atoms with van der Waals surface area (Å²) in [5.74, 6) is 1.03. The number of carbonyl (C=O) groups is 1. The third kappa shape index (κ3) is 3.00. The molecule has 0 saturated carbocycles. The fourth-order valence-electron chi connectivity index (χ4n) is 2.30. The van der Waals surface area contributed by atoms with E-state index in [1.165, 1.54) is 5.56 Å². The molecule has 0 aromatic carbocycles. The molecule has 1 saturated heterocycles. The van der Waals surface area contributed by atoms with E-state index in [0.29, 0.717) is 6.61 Å². The van der Waals surface area contributed by atoms with Crippen LogP contribution in [0.4, 0.5) is 5.82 Å². The Morgan fingerprint density at radius 1 is 1.50 bits per heavy atom. The predicted molar refractivity (Wildman–Crippen MR) is 70.5 cm³/mol. The Balaban J connectivity index is 1.92. The van der Waals surface area contributed by atoms with Gasteiger partial charge in [0.1, 0.15) is 5.82 Å². The van der Waals surface area contributed by atoms with Crippen LogP contribution in [0.25, 0.3) is 0 Å². The molecule has 1 aliphatic rings. The van der Waals surface area contributed by atoms with Gasteiger partial charge in [0.2, 0.25) is 0 Å². The van der Waals surface area contributed by atoms with E-state index >= 15 is 0 Å². The maximum absolute atomic E-state index is 11.6. The van der Waals surface area contributed by atoms with Crippen molar-refractivity contribution in [3.8, 4) is 0 Å². The first kappa shape index (κ1) is 12.9. The highest BCUT2D eigenvalue weighted by Gasteiger charge is 2.26. The molecule has 0 unspecified atom stereocenters. The van der Waals surface area contributed by atoms with Gasteiger partial charge in [-0.1, -0.05) is 0 Å². The second kappa shape index (κ2) is 5.85. The lowest BCUT2D eigenvalue weighted by Gasteiger charge is -2.31. The summed E-state index contributed by atoms with van der Waals surface area (Å²) >= 11 is 0. The van der Waals surface area contributed by atoms with E-state index in [2.05, 4.69) is 22.9 Å². The average Bonchev–Trinajstić information content (AvgIpc) is 2.39. The van der Waals surface area contributed by atoms with E-state index < -0.39 is 0 Å². The maximum Gasteiger partial charge on any atom is 0.309 e. The lowest BCUT2D eigenvalue weighted by atomic mass is 9.97. The monoisotopic (exact) mass is 248 g/mol. The third-order valence-corrected chi connectivity index (χ3v) is 3.34. The Hall–Kier alpha value is -1.58. The summed E-state index contributed by atoms with van der Waals surface area (Å²) in [5.41, 5.74) is 1.22. The first-order valence-electron chi connectivity index (χ1n) is 6.55. The highest BCUT2D eigenvalue weighted by atomic mass is 16.5. The Bertz CT molecular complexity index is 412. The predicted octanol–water partition coefficient (Wildman–Crippen LogP) is 2.17. The van der Waals surface area contributed by atoms with Crippen LogP contribution in [0, 0.1) is 12.8 Å². The van der Waals surface area contributed by atoms with Gasteiger partial charge in [-0.2, -0.15) is 0 Å². The number of piperidine rings is 1. The molecule has 18 heavy (non-hydrogen) atoms. The molecule has 2 rings (SSSR count). The largest absolute Gasteiger partial charge is 0.466 e. The Labute approximate surface area is 108 Å². The standard InChI is InChI=1S/C14H20N2O2/c1-3-18-14(17)12-5-8-16(9-6-12)13-10-11(2)4-7-15-13/h4,7,10,12H,3,5-6,8-9H2,1-2H3. The van der Waals surface area contributed by atoms with E-state index in [1.807, 2.05) is 19.2 Å². The van der Waals surface area contributed by atoms with Gasteiger partial charge in [0, 0.05) is 19.3 Å². The second-order valence-electron chi connectivity index (χ2n) is 4.70. The van der Waals surface area contributed by atoms with Gasteiger partial charge >= 0.3 is 5.97 Å². The van der Waals surface area contributed by atoms with Crippen molar-refractivity contribution in [3.63, 3.8) is 0 Å². The lowest BCUT2D eigenvalue weighted by molar-refractivity contribution is -0.148. The van der Waals surface area contributed by atoms with Crippen molar-refractivity contribution < 1.29 is 9.53 Å². The van der Waals surface area contributed by atoms with Crippen LogP contribution in [-0.2, 0) is 9.53 Å². The molecule has 4 heteroatoms. The van der Waals surface area contributed by atoms with Crippen molar-refractivity contribution in [2.24, 2.45) is 5.92 Å². The van der Waals surface area contributed by atoms with Gasteiger partial charge < -0.3 is 9.64 Å². The molecular weight excluding hydrogens is 228 g/mol. The van der Waals surface area contributed by atoms with E-state index in [1.54, 1.807) is 0 Å². The number of ether oxygens (including phenoxy) is 1. The summed E-state index contributed by atoms with van der Waals surface area (Å²) in [6.07, 6.45) is 3.55. The fourth-order valence-corrected chi connectivity index (χ4v) is 2.30. The topological polar surface area (TPSA) is 42.4 Å². The maximum atomic E-state index is 11.6. The number of esters is 1. The second-order valence-corrected chi connectivity index (χ2v) is 4.70. The average molecular weight is 248 g/mol. The molecule has 0 N–H and O–H groups in total. The molecule has 0 radical (unpaired) electrons. The number of aromatic nitrogens is 1. The number of rotatable bonds is 3. The zero-order valence-corrected chi connectivity index (χ0v) is 11.1. The van der Waals surface area contributed by atoms with E-state index in [9.17, 15) is 4.79 Å². The van der Waals surface area contributed by atoms with E-state index in [0.717, 1.165) is 31.7 Å². The van der Waals surface area contributed by atoms with Crippen LogP contribution >= 0.6 is 0 Å². The van der Waals surface area contributed by atoms with Crippen LogP contribution in [0.15, 0.2) is 18.3 Å². The number of hydrogen-bond acceptors (Lipinski definition) is 4. The van der Waals surface area contributed by atoms with Gasteiger partial charge in [0.25, 0.3) is 0 Å². The van der Waals surface area contributed by atoms with Crippen LogP contribution < -0.4 is 4.90 Å². The molecule has 1 fully saturated rings. The number of aryl methyl sites for hydroxylation is 1. The summed E-state index contributed by atoms with van der Waals surface area (Å²) in [6, 6.07) is 4.08. The molecule has 0 amide bonds. The lowest BCUT2D eigenvalue weighted by Crippen LogP contribution is -2.37. The number of hydrogen-bond donors (Lipinski definition) is 0. The molecule has 1 aliphatic heterocycles. The molecule has 1 aromatic rings. The highest BCUT2D eigenvalue weighted by Crippen LogP contribution is 2.23. The van der Waals surface area contributed by atoms with Crippen molar-refractivity contribution in [1.29, 1.82) is 0 Å². The molecule has 1 aromatic heterocycles. The third-order valence-electron chi connectivity index (χ3n) is 3.34. The van der Waals surface area contributed by atoms with Gasteiger partial charge in [-0.15, -0.1) is 0 Å². The minimum absolute atomic E-state index is 0.0469. The van der Waals surface area contributed by atoms with E-state index in [-0.39, 0.29) is 11.9 Å². The molecule has 0 atom stereocenters. The Kier molecular flexibility index (Phi) is 4.18. The van der Waals surface area contributed by atoms with E-state index in [4.69, 9.17) is 4.74 Å². The van der Waals surface area contributed by atoms with Gasteiger partial charge in [-0.3, -0.25) is 4.79 Å². The summed E-state index contributed by atoms with van der Waals surface area (Å²) in [7, 11) is 0. The molecule has 2 heterocycles. The summed E-state index contributed by atoms with van der Waals surface area (Å²) in [5, 5.41) is 0. The minimum atomic E-state index is -0.0469. The van der Waals surface area contributed by atoms with Gasteiger partial charge in [0.05, 0.1) is 12.5 Å². The first-order valence-corrected chi connectivity index (χ1v) is 6.55. The van der Waals surface area contributed by atoms with Crippen LogP contribution in [0.3, 0.4) is 0 Å².